The summed E-state index contributed by atoms with van der Waals surface area (Å²) in [6.45, 7) is 1.77. The molecule has 0 aromatic carbocycles. The zero-order valence-electron chi connectivity index (χ0n) is 9.49. The van der Waals surface area contributed by atoms with Gasteiger partial charge in [0.05, 0.1) is 5.69 Å². The van der Waals surface area contributed by atoms with E-state index in [1.807, 2.05) is 0 Å². The molecule has 0 aliphatic carbocycles. The quantitative estimate of drug-likeness (QED) is 0.879. The Morgan fingerprint density at radius 2 is 2.25 bits per heavy atom. The van der Waals surface area contributed by atoms with Crippen molar-refractivity contribution in [2.24, 2.45) is 0 Å². The molecule has 0 aliphatic rings. The third-order valence-corrected chi connectivity index (χ3v) is 2.48. The predicted octanol–water partition coefficient (Wildman–Crippen LogP) is 1.31. The zero-order chi connectivity index (χ0) is 12.3. The highest BCUT2D eigenvalue weighted by molar-refractivity contribution is 9.10. The minimum atomic E-state index is -0.356. The van der Waals surface area contributed by atoms with Crippen LogP contribution in [0.5, 0.6) is 0 Å². The van der Waals surface area contributed by atoms with Crippen molar-refractivity contribution in [3.05, 3.63) is 16.7 Å². The van der Waals surface area contributed by atoms with Gasteiger partial charge in [-0.05, 0) is 28.9 Å². The summed E-state index contributed by atoms with van der Waals surface area (Å²) in [5, 5.41) is 2.97. The van der Waals surface area contributed by atoms with E-state index in [9.17, 15) is 4.79 Å². The van der Waals surface area contributed by atoms with Gasteiger partial charge in [-0.3, -0.25) is 4.79 Å². The molecule has 0 bridgehead atoms. The first-order valence-electron chi connectivity index (χ1n) is 4.80. The van der Waals surface area contributed by atoms with Gasteiger partial charge in [0.2, 0.25) is 5.91 Å². The number of likely N-dealkylation sites (N-methyl/N-ethyl adjacent to an activating group) is 1. The van der Waals surface area contributed by atoms with Crippen LogP contribution >= 0.6 is 15.9 Å². The van der Waals surface area contributed by atoms with Crippen molar-refractivity contribution in [2.45, 2.75) is 13.0 Å². The Morgan fingerprint density at radius 3 is 2.75 bits per heavy atom. The van der Waals surface area contributed by atoms with Gasteiger partial charge in [-0.15, -0.1) is 0 Å². The van der Waals surface area contributed by atoms with E-state index < -0.39 is 0 Å². The lowest BCUT2D eigenvalue weighted by atomic mass is 10.3. The van der Waals surface area contributed by atoms with Gasteiger partial charge in [-0.1, -0.05) is 0 Å². The van der Waals surface area contributed by atoms with Gasteiger partial charge in [0.25, 0.3) is 0 Å². The Kier molecular flexibility index (Phi) is 4.12. The number of amides is 1. The van der Waals surface area contributed by atoms with Crippen molar-refractivity contribution < 1.29 is 4.79 Å². The number of carbonyl (C=O) groups is 1. The molecule has 1 atom stereocenters. The van der Waals surface area contributed by atoms with Crippen molar-refractivity contribution in [2.75, 3.05) is 25.1 Å². The summed E-state index contributed by atoms with van der Waals surface area (Å²) >= 11 is 3.27. The number of nitrogens with zero attached hydrogens (tertiary/aromatic N) is 2. The van der Waals surface area contributed by atoms with E-state index in [-0.39, 0.29) is 11.9 Å². The van der Waals surface area contributed by atoms with E-state index in [1.165, 1.54) is 4.90 Å². The van der Waals surface area contributed by atoms with Crippen molar-refractivity contribution in [1.29, 1.82) is 0 Å². The average Bonchev–Trinajstić information content (AvgIpc) is 2.20. The van der Waals surface area contributed by atoms with E-state index in [4.69, 9.17) is 5.73 Å². The third kappa shape index (κ3) is 3.10. The Labute approximate surface area is 103 Å². The molecule has 0 fully saturated rings. The van der Waals surface area contributed by atoms with E-state index in [0.717, 1.165) is 4.47 Å². The Bertz CT molecular complexity index is 394. The summed E-state index contributed by atoms with van der Waals surface area (Å²) in [6.07, 6.45) is 1.63. The van der Waals surface area contributed by atoms with Crippen molar-refractivity contribution >= 4 is 33.3 Å². The normalized spacial score (nSPS) is 12.0. The van der Waals surface area contributed by atoms with Crippen molar-refractivity contribution in [3.8, 4) is 0 Å². The number of hydrogen-bond acceptors (Lipinski definition) is 4. The molecule has 3 N–H and O–H groups in total. The lowest BCUT2D eigenvalue weighted by Gasteiger charge is -2.19. The van der Waals surface area contributed by atoms with Crippen LogP contribution in [0.25, 0.3) is 0 Å². The van der Waals surface area contributed by atoms with Crippen LogP contribution < -0.4 is 11.1 Å². The number of pyridine rings is 1. The van der Waals surface area contributed by atoms with Gasteiger partial charge in [0.15, 0.2) is 0 Å². The number of rotatable bonds is 3. The number of nitrogens with two attached hydrogens (primary N) is 1. The molecular formula is C10H15BrN4O. The highest BCUT2D eigenvalue weighted by atomic mass is 79.9. The lowest BCUT2D eigenvalue weighted by Crippen LogP contribution is -2.37. The molecule has 1 rings (SSSR count). The Morgan fingerprint density at radius 1 is 1.62 bits per heavy atom. The van der Waals surface area contributed by atoms with Gasteiger partial charge >= 0.3 is 0 Å². The largest absolute Gasteiger partial charge is 0.396 e. The molecule has 0 aliphatic heterocycles. The maximum Gasteiger partial charge on any atom is 0.244 e. The first kappa shape index (κ1) is 12.8. The van der Waals surface area contributed by atoms with Crippen LogP contribution in [0.15, 0.2) is 16.7 Å². The van der Waals surface area contributed by atoms with Gasteiger partial charge in [-0.2, -0.15) is 0 Å². The summed E-state index contributed by atoms with van der Waals surface area (Å²) < 4.78 is 0.808. The van der Waals surface area contributed by atoms with Crippen LogP contribution in [0.3, 0.4) is 0 Å². The second-order valence-electron chi connectivity index (χ2n) is 3.69. The SMILES string of the molecule is CC(Nc1ncc(Br)cc1N)C(=O)N(C)C. The van der Waals surface area contributed by atoms with Crippen LogP contribution in [0, 0.1) is 0 Å². The van der Waals surface area contributed by atoms with E-state index in [1.54, 1.807) is 33.3 Å². The molecule has 16 heavy (non-hydrogen) atoms. The molecule has 0 spiro atoms. The number of anilines is 2. The van der Waals surface area contributed by atoms with Gasteiger partial charge in [0, 0.05) is 24.8 Å². The standard InChI is InChI=1S/C10H15BrN4O/c1-6(10(16)15(2)3)14-9-8(12)4-7(11)5-13-9/h4-6H,12H2,1-3H3,(H,13,14). The number of aromatic nitrogens is 1. The number of carbonyl (C=O) groups excluding carboxylic acids is 1. The minimum Gasteiger partial charge on any atom is -0.396 e. The maximum absolute atomic E-state index is 11.6. The molecule has 0 saturated carbocycles. The monoisotopic (exact) mass is 286 g/mol. The Hall–Kier alpha value is -1.30. The lowest BCUT2D eigenvalue weighted by molar-refractivity contribution is -0.129. The highest BCUT2D eigenvalue weighted by Crippen LogP contribution is 2.20. The first-order chi connectivity index (χ1) is 7.41. The molecule has 0 radical (unpaired) electrons. The van der Waals surface area contributed by atoms with Crippen LogP contribution in [-0.4, -0.2) is 35.9 Å². The van der Waals surface area contributed by atoms with Gasteiger partial charge in [-0.25, -0.2) is 4.98 Å². The molecule has 5 nitrogen and oxygen atoms in total. The van der Waals surface area contributed by atoms with E-state index in [0.29, 0.717) is 11.5 Å². The first-order valence-corrected chi connectivity index (χ1v) is 5.60. The number of halogens is 1. The molecule has 1 heterocycles. The highest BCUT2D eigenvalue weighted by Gasteiger charge is 2.15. The summed E-state index contributed by atoms with van der Waals surface area (Å²) in [5.41, 5.74) is 6.27. The molecule has 6 heteroatoms. The van der Waals surface area contributed by atoms with Crippen LogP contribution in [-0.2, 0) is 4.79 Å². The zero-order valence-corrected chi connectivity index (χ0v) is 11.1. The molecule has 0 saturated heterocycles. The van der Waals surface area contributed by atoms with Crippen LogP contribution in [0.4, 0.5) is 11.5 Å². The van der Waals surface area contributed by atoms with Crippen LogP contribution in [0.2, 0.25) is 0 Å². The Balaban J connectivity index is 2.77. The fraction of sp³-hybridized carbons (Fsp3) is 0.400. The third-order valence-electron chi connectivity index (χ3n) is 2.05. The number of nitrogens with one attached hydrogen (secondary N) is 1. The second kappa shape index (κ2) is 5.16. The van der Waals surface area contributed by atoms with Crippen LogP contribution in [0.1, 0.15) is 6.92 Å². The van der Waals surface area contributed by atoms with Gasteiger partial charge in [0.1, 0.15) is 11.9 Å². The summed E-state index contributed by atoms with van der Waals surface area (Å²) in [7, 11) is 3.41. The molecule has 1 unspecified atom stereocenters. The number of nitrogen functional groups attached to an aromatic ring is 1. The fourth-order valence-corrected chi connectivity index (χ4v) is 1.58. The maximum atomic E-state index is 11.6. The summed E-state index contributed by atoms with van der Waals surface area (Å²) in [6, 6.07) is 1.38. The van der Waals surface area contributed by atoms with Crippen molar-refractivity contribution in [3.63, 3.8) is 0 Å². The van der Waals surface area contributed by atoms with Gasteiger partial charge < -0.3 is 16.0 Å². The topological polar surface area (TPSA) is 71.2 Å². The molecule has 1 aromatic heterocycles. The molecule has 88 valence electrons. The average molecular weight is 287 g/mol. The predicted molar refractivity (Wildman–Crippen MR) is 68.1 cm³/mol. The molecule has 1 aromatic rings. The number of hydrogen-bond donors (Lipinski definition) is 2. The second-order valence-corrected chi connectivity index (χ2v) is 4.61. The minimum absolute atomic E-state index is 0.0240. The van der Waals surface area contributed by atoms with E-state index in [2.05, 4.69) is 26.2 Å². The van der Waals surface area contributed by atoms with Crippen molar-refractivity contribution in [1.82, 2.24) is 9.88 Å². The fourth-order valence-electron chi connectivity index (χ4n) is 1.23. The summed E-state index contributed by atoms with van der Waals surface area (Å²) in [5.74, 6) is 0.495. The molecule has 1 amide bonds. The smallest absolute Gasteiger partial charge is 0.244 e. The molecular weight excluding hydrogens is 272 g/mol. The van der Waals surface area contributed by atoms with E-state index >= 15 is 0 Å². The summed E-state index contributed by atoms with van der Waals surface area (Å²) in [4.78, 5) is 17.2.